The molecular formula is C23H20N2O5. The molecule has 3 aromatic rings. The predicted molar refractivity (Wildman–Crippen MR) is 112 cm³/mol. The first kappa shape index (κ1) is 19.6. The number of benzene rings is 3. The van der Waals surface area contributed by atoms with E-state index >= 15 is 0 Å². The summed E-state index contributed by atoms with van der Waals surface area (Å²) in [6.07, 6.45) is 1.35. The van der Waals surface area contributed by atoms with E-state index in [0.29, 0.717) is 34.6 Å². The van der Waals surface area contributed by atoms with Gasteiger partial charge in [0.25, 0.3) is 5.69 Å². The van der Waals surface area contributed by atoms with Crippen molar-refractivity contribution < 1.29 is 19.6 Å². The van der Waals surface area contributed by atoms with Crippen LogP contribution in [0.15, 0.2) is 66.7 Å². The number of hydrogen-bond donors (Lipinski definition) is 2. The lowest BCUT2D eigenvalue weighted by Gasteiger charge is -2.28. The van der Waals surface area contributed by atoms with Gasteiger partial charge in [0.15, 0.2) is 0 Å². The second-order valence-electron chi connectivity index (χ2n) is 7.28. The van der Waals surface area contributed by atoms with E-state index in [-0.39, 0.29) is 5.69 Å². The molecule has 3 N–H and O–H groups in total. The molecule has 0 radical (unpaired) electrons. The van der Waals surface area contributed by atoms with Gasteiger partial charge >= 0.3 is 5.97 Å². The van der Waals surface area contributed by atoms with Crippen molar-refractivity contribution in [3.05, 3.63) is 88.0 Å². The number of aliphatic carboxylic acids is 1. The third-order valence-corrected chi connectivity index (χ3v) is 5.38. The number of non-ortho nitro benzene ring substituents is 1. The average molecular weight is 404 g/mol. The van der Waals surface area contributed by atoms with Crippen LogP contribution in [0.25, 0.3) is 11.1 Å². The standard InChI is InChI=1S/C23H20N2O5/c24-20-11-9-14-8-10-17(13-19(14)22(20)23(26)27)30-21-7-2-1-6-18(21)15-4-3-5-16(12-15)25(28)29/h1-8,10,12-13,20,22H,9,11,24H2,(H,26,27). The molecule has 30 heavy (non-hydrogen) atoms. The Labute approximate surface area is 172 Å². The van der Waals surface area contributed by atoms with Crippen molar-refractivity contribution in [2.75, 3.05) is 0 Å². The Bertz CT molecular complexity index is 1130. The van der Waals surface area contributed by atoms with Crippen molar-refractivity contribution in [3.8, 4) is 22.6 Å². The van der Waals surface area contributed by atoms with Gasteiger partial charge in [-0.2, -0.15) is 0 Å². The molecule has 0 aromatic heterocycles. The molecule has 0 aliphatic heterocycles. The number of hydrogen-bond acceptors (Lipinski definition) is 5. The number of carbonyl (C=O) groups is 1. The number of rotatable bonds is 5. The summed E-state index contributed by atoms with van der Waals surface area (Å²) in [6, 6.07) is 18.5. The van der Waals surface area contributed by atoms with E-state index in [1.165, 1.54) is 12.1 Å². The van der Waals surface area contributed by atoms with Gasteiger partial charge < -0.3 is 15.6 Å². The SMILES string of the molecule is NC1CCc2ccc(Oc3ccccc3-c3cccc([N+](=O)[O-])c3)cc2C1C(=O)O. The maximum Gasteiger partial charge on any atom is 0.312 e. The number of nitrogens with zero attached hydrogens (tertiary/aromatic N) is 1. The van der Waals surface area contributed by atoms with Crippen LogP contribution in [0.2, 0.25) is 0 Å². The fourth-order valence-electron chi connectivity index (χ4n) is 3.90. The molecule has 1 aliphatic carbocycles. The van der Waals surface area contributed by atoms with Crippen LogP contribution in [0, 0.1) is 10.1 Å². The quantitative estimate of drug-likeness (QED) is 0.478. The van der Waals surface area contributed by atoms with Crippen LogP contribution in [0.3, 0.4) is 0 Å². The van der Waals surface area contributed by atoms with Crippen molar-refractivity contribution in [3.63, 3.8) is 0 Å². The zero-order chi connectivity index (χ0) is 21.3. The lowest BCUT2D eigenvalue weighted by Crippen LogP contribution is -2.37. The molecule has 0 amide bonds. The van der Waals surface area contributed by atoms with Crippen LogP contribution in [0.5, 0.6) is 11.5 Å². The summed E-state index contributed by atoms with van der Waals surface area (Å²) in [5.74, 6) is -0.709. The molecule has 0 bridgehead atoms. The molecule has 1 aliphatic rings. The van der Waals surface area contributed by atoms with E-state index in [1.807, 2.05) is 24.3 Å². The highest BCUT2D eigenvalue weighted by Gasteiger charge is 2.33. The molecule has 0 fully saturated rings. The van der Waals surface area contributed by atoms with Crippen LogP contribution < -0.4 is 10.5 Å². The summed E-state index contributed by atoms with van der Waals surface area (Å²) in [5.41, 5.74) is 9.04. The number of ether oxygens (including phenoxy) is 1. The Balaban J connectivity index is 1.71. The molecule has 4 rings (SSSR count). The molecule has 0 heterocycles. The zero-order valence-corrected chi connectivity index (χ0v) is 16.0. The van der Waals surface area contributed by atoms with E-state index in [4.69, 9.17) is 10.5 Å². The summed E-state index contributed by atoms with van der Waals surface area (Å²) in [6.45, 7) is 0. The molecule has 3 aromatic carbocycles. The second kappa shape index (κ2) is 7.96. The minimum Gasteiger partial charge on any atom is -0.481 e. The predicted octanol–water partition coefficient (Wildman–Crippen LogP) is 4.50. The molecule has 152 valence electrons. The lowest BCUT2D eigenvalue weighted by atomic mass is 9.79. The number of para-hydroxylation sites is 1. The van der Waals surface area contributed by atoms with Crippen molar-refractivity contribution in [1.29, 1.82) is 0 Å². The van der Waals surface area contributed by atoms with Gasteiger partial charge in [-0.05, 0) is 47.7 Å². The van der Waals surface area contributed by atoms with Crippen LogP contribution in [0.4, 0.5) is 5.69 Å². The molecule has 7 nitrogen and oxygen atoms in total. The molecule has 2 unspecified atom stereocenters. The van der Waals surface area contributed by atoms with Gasteiger partial charge in [0.1, 0.15) is 11.5 Å². The Morgan fingerprint density at radius 3 is 2.67 bits per heavy atom. The largest absolute Gasteiger partial charge is 0.481 e. The summed E-state index contributed by atoms with van der Waals surface area (Å²) in [4.78, 5) is 22.4. The van der Waals surface area contributed by atoms with E-state index in [2.05, 4.69) is 0 Å². The van der Waals surface area contributed by atoms with Crippen molar-refractivity contribution in [2.24, 2.45) is 5.73 Å². The summed E-state index contributed by atoms with van der Waals surface area (Å²) >= 11 is 0. The van der Waals surface area contributed by atoms with Gasteiger partial charge in [0.2, 0.25) is 0 Å². The Morgan fingerprint density at radius 1 is 1.10 bits per heavy atom. The summed E-state index contributed by atoms with van der Waals surface area (Å²) in [7, 11) is 0. The molecule has 0 spiro atoms. The number of nitro benzene ring substituents is 1. The van der Waals surface area contributed by atoms with Crippen LogP contribution >= 0.6 is 0 Å². The minimum atomic E-state index is -0.947. The van der Waals surface area contributed by atoms with E-state index < -0.39 is 22.9 Å². The molecule has 0 saturated carbocycles. The lowest BCUT2D eigenvalue weighted by molar-refractivity contribution is -0.384. The maximum atomic E-state index is 11.7. The Kier molecular flexibility index (Phi) is 5.20. The van der Waals surface area contributed by atoms with Gasteiger partial charge in [-0.1, -0.05) is 36.4 Å². The fourth-order valence-corrected chi connectivity index (χ4v) is 3.90. The second-order valence-corrected chi connectivity index (χ2v) is 7.28. The van der Waals surface area contributed by atoms with Crippen molar-refractivity contribution in [2.45, 2.75) is 24.8 Å². The third-order valence-electron chi connectivity index (χ3n) is 5.38. The highest BCUT2D eigenvalue weighted by molar-refractivity contribution is 5.78. The number of nitrogens with two attached hydrogens (primary N) is 1. The monoisotopic (exact) mass is 404 g/mol. The molecule has 2 atom stereocenters. The molecular weight excluding hydrogens is 384 g/mol. The smallest absolute Gasteiger partial charge is 0.312 e. The van der Waals surface area contributed by atoms with E-state index in [9.17, 15) is 20.0 Å². The van der Waals surface area contributed by atoms with Gasteiger partial charge in [0.05, 0.1) is 10.8 Å². The van der Waals surface area contributed by atoms with E-state index in [0.717, 1.165) is 12.0 Å². The molecule has 7 heteroatoms. The van der Waals surface area contributed by atoms with Crippen LogP contribution in [0.1, 0.15) is 23.5 Å². The summed E-state index contributed by atoms with van der Waals surface area (Å²) < 4.78 is 6.09. The van der Waals surface area contributed by atoms with Gasteiger partial charge in [0, 0.05) is 23.7 Å². The molecule has 0 saturated heterocycles. The number of carboxylic acid groups (broad SMARTS) is 1. The average Bonchev–Trinajstić information content (AvgIpc) is 2.73. The van der Waals surface area contributed by atoms with E-state index in [1.54, 1.807) is 30.3 Å². The Hall–Kier alpha value is -3.71. The first-order chi connectivity index (χ1) is 14.4. The number of fused-ring (bicyclic) bond motifs is 1. The minimum absolute atomic E-state index is 0.00521. The fraction of sp³-hybridized carbons (Fsp3) is 0.174. The topological polar surface area (TPSA) is 116 Å². The van der Waals surface area contributed by atoms with Crippen molar-refractivity contribution >= 4 is 11.7 Å². The Morgan fingerprint density at radius 2 is 1.90 bits per heavy atom. The highest BCUT2D eigenvalue weighted by Crippen LogP contribution is 2.38. The van der Waals surface area contributed by atoms with Gasteiger partial charge in [-0.25, -0.2) is 0 Å². The normalized spacial score (nSPS) is 17.8. The number of nitro groups is 1. The summed E-state index contributed by atoms with van der Waals surface area (Å²) in [5, 5.41) is 20.7. The number of carboxylic acids is 1. The first-order valence-electron chi connectivity index (χ1n) is 9.57. The van der Waals surface area contributed by atoms with Crippen molar-refractivity contribution in [1.82, 2.24) is 0 Å². The van der Waals surface area contributed by atoms with Crippen LogP contribution in [-0.4, -0.2) is 22.0 Å². The first-order valence-corrected chi connectivity index (χ1v) is 9.57. The highest BCUT2D eigenvalue weighted by atomic mass is 16.6. The zero-order valence-electron chi connectivity index (χ0n) is 16.0. The van der Waals surface area contributed by atoms with Crippen LogP contribution in [-0.2, 0) is 11.2 Å². The third kappa shape index (κ3) is 3.75. The number of aryl methyl sites for hydroxylation is 1. The van der Waals surface area contributed by atoms with Gasteiger partial charge in [-0.15, -0.1) is 0 Å². The maximum absolute atomic E-state index is 11.7. The van der Waals surface area contributed by atoms with Gasteiger partial charge in [-0.3, -0.25) is 14.9 Å².